The number of hydrogen-bond acceptors (Lipinski definition) is 4. The smallest absolute Gasteiger partial charge is 0.321 e. The Morgan fingerprint density at radius 3 is 2.53 bits per heavy atom. The van der Waals surface area contributed by atoms with Crippen molar-refractivity contribution in [2.45, 2.75) is 12.5 Å². The Bertz CT molecular complexity index is 326. The molecule has 5 heteroatoms. The molecule has 1 aromatic rings. The molecule has 82 valence electrons. The lowest BCUT2D eigenvalue weighted by Gasteiger charge is -2.12. The van der Waals surface area contributed by atoms with Gasteiger partial charge in [0.2, 0.25) is 0 Å². The summed E-state index contributed by atoms with van der Waals surface area (Å²) in [5.74, 6) is -0.694. The summed E-state index contributed by atoms with van der Waals surface area (Å²) in [4.78, 5) is 10.8. The summed E-state index contributed by atoms with van der Waals surface area (Å²) in [5, 5.41) is 18.0. The molecule has 1 atom stereocenters. The van der Waals surface area contributed by atoms with Crippen LogP contribution in [0.4, 0.5) is 0 Å². The van der Waals surface area contributed by atoms with Crippen LogP contribution in [0.3, 0.4) is 0 Å². The van der Waals surface area contributed by atoms with Crippen molar-refractivity contribution in [3.8, 4) is 5.75 Å². The molecule has 0 heterocycles. The van der Waals surface area contributed by atoms with Crippen LogP contribution in [0.1, 0.15) is 5.56 Å². The average Bonchev–Trinajstić information content (AvgIpc) is 2.20. The molecule has 0 saturated heterocycles. The van der Waals surface area contributed by atoms with Crippen molar-refractivity contribution in [1.29, 1.82) is 0 Å². The Morgan fingerprint density at radius 2 is 2.07 bits per heavy atom. The average molecular weight is 227 g/mol. The first-order valence-corrected chi connectivity index (χ1v) is 5.65. The number of phenolic OH excluding ortho intramolecular Hbond substituents is 1. The molecule has 0 spiro atoms. The minimum Gasteiger partial charge on any atom is -0.508 e. The number of aromatic hydroxyl groups is 1. The van der Waals surface area contributed by atoms with Crippen molar-refractivity contribution in [1.82, 2.24) is 4.72 Å². The van der Waals surface area contributed by atoms with Gasteiger partial charge in [-0.05, 0) is 30.4 Å². The number of rotatable bonds is 5. The maximum atomic E-state index is 10.8. The lowest BCUT2D eigenvalue weighted by molar-refractivity contribution is -0.138. The molecule has 1 rings (SSSR count). The second kappa shape index (κ2) is 5.63. The minimum atomic E-state index is -0.877. The van der Waals surface area contributed by atoms with E-state index < -0.39 is 12.0 Å². The van der Waals surface area contributed by atoms with E-state index in [9.17, 15) is 4.79 Å². The summed E-state index contributed by atoms with van der Waals surface area (Å²) < 4.78 is 2.80. The highest BCUT2D eigenvalue weighted by Crippen LogP contribution is 2.11. The third-order valence-electron chi connectivity index (χ3n) is 1.93. The van der Waals surface area contributed by atoms with Crippen molar-refractivity contribution in [2.75, 3.05) is 6.26 Å². The first kappa shape index (κ1) is 11.9. The fraction of sp³-hybridized carbons (Fsp3) is 0.300. The van der Waals surface area contributed by atoms with Gasteiger partial charge in [-0.25, -0.2) is 4.72 Å². The van der Waals surface area contributed by atoms with Gasteiger partial charge in [0, 0.05) is 0 Å². The zero-order chi connectivity index (χ0) is 11.3. The normalized spacial score (nSPS) is 12.3. The molecule has 4 nitrogen and oxygen atoms in total. The lowest BCUT2D eigenvalue weighted by atomic mass is 10.1. The topological polar surface area (TPSA) is 69.6 Å². The van der Waals surface area contributed by atoms with E-state index in [0.717, 1.165) is 5.56 Å². The molecule has 0 aliphatic carbocycles. The molecule has 0 aliphatic rings. The van der Waals surface area contributed by atoms with E-state index in [4.69, 9.17) is 10.2 Å². The van der Waals surface area contributed by atoms with Crippen molar-refractivity contribution in [3.05, 3.63) is 29.8 Å². The molecule has 1 aromatic carbocycles. The quantitative estimate of drug-likeness (QED) is 0.661. The number of carboxylic acids is 1. The van der Waals surface area contributed by atoms with E-state index in [1.54, 1.807) is 30.5 Å². The van der Waals surface area contributed by atoms with Crippen LogP contribution in [0.2, 0.25) is 0 Å². The molecule has 0 aromatic heterocycles. The first-order valence-electron chi connectivity index (χ1n) is 4.42. The number of aliphatic carboxylic acids is 1. The molecule has 0 saturated carbocycles. The van der Waals surface area contributed by atoms with Gasteiger partial charge in [-0.1, -0.05) is 24.1 Å². The maximum Gasteiger partial charge on any atom is 0.321 e. The standard InChI is InChI=1S/C10H13NO3S/c1-15-11-9(10(13)14)6-7-2-4-8(12)5-3-7/h2-5,9,11-12H,6H2,1H3,(H,13,14)/t9-/m0/s1. The monoisotopic (exact) mass is 227 g/mol. The lowest BCUT2D eigenvalue weighted by Crippen LogP contribution is -2.34. The minimum absolute atomic E-state index is 0.184. The van der Waals surface area contributed by atoms with Gasteiger partial charge in [0.25, 0.3) is 0 Å². The molecule has 15 heavy (non-hydrogen) atoms. The molecule has 0 bridgehead atoms. The molecular weight excluding hydrogens is 214 g/mol. The largest absolute Gasteiger partial charge is 0.508 e. The zero-order valence-corrected chi connectivity index (χ0v) is 9.12. The number of carboxylic acid groups (broad SMARTS) is 1. The van der Waals surface area contributed by atoms with Crippen LogP contribution in [-0.4, -0.2) is 28.5 Å². The zero-order valence-electron chi connectivity index (χ0n) is 8.30. The highest BCUT2D eigenvalue weighted by Gasteiger charge is 2.16. The third-order valence-corrected chi connectivity index (χ3v) is 2.45. The van der Waals surface area contributed by atoms with E-state index in [0.29, 0.717) is 6.42 Å². The van der Waals surface area contributed by atoms with Gasteiger partial charge in [0.1, 0.15) is 11.8 Å². The predicted octanol–water partition coefficient (Wildman–Crippen LogP) is 1.26. The highest BCUT2D eigenvalue weighted by molar-refractivity contribution is 7.96. The fourth-order valence-electron chi connectivity index (χ4n) is 1.19. The van der Waals surface area contributed by atoms with Gasteiger partial charge in [0.05, 0.1) is 0 Å². The van der Waals surface area contributed by atoms with Crippen molar-refractivity contribution >= 4 is 17.9 Å². The van der Waals surface area contributed by atoms with Crippen LogP contribution in [0, 0.1) is 0 Å². The number of benzene rings is 1. The summed E-state index contributed by atoms with van der Waals surface area (Å²) >= 11 is 1.28. The van der Waals surface area contributed by atoms with Gasteiger partial charge < -0.3 is 10.2 Å². The number of hydrogen-bond donors (Lipinski definition) is 3. The van der Waals surface area contributed by atoms with Crippen LogP contribution < -0.4 is 4.72 Å². The van der Waals surface area contributed by atoms with Crippen molar-refractivity contribution in [2.24, 2.45) is 0 Å². The Hall–Kier alpha value is -1.20. The fourth-order valence-corrected chi connectivity index (χ4v) is 1.66. The molecule has 0 amide bonds. The SMILES string of the molecule is CSN[C@@H](Cc1ccc(O)cc1)C(=O)O. The second-order valence-electron chi connectivity index (χ2n) is 3.08. The van der Waals surface area contributed by atoms with Crippen LogP contribution in [0.15, 0.2) is 24.3 Å². The van der Waals surface area contributed by atoms with Crippen LogP contribution in [0.25, 0.3) is 0 Å². The van der Waals surface area contributed by atoms with Gasteiger partial charge in [-0.15, -0.1) is 0 Å². The molecule has 0 fully saturated rings. The summed E-state index contributed by atoms with van der Waals surface area (Å²) in [6.45, 7) is 0. The van der Waals surface area contributed by atoms with Gasteiger partial charge >= 0.3 is 5.97 Å². The molecule has 0 radical (unpaired) electrons. The van der Waals surface area contributed by atoms with Gasteiger partial charge in [0.15, 0.2) is 0 Å². The number of nitrogens with one attached hydrogen (secondary N) is 1. The van der Waals surface area contributed by atoms with Crippen LogP contribution >= 0.6 is 11.9 Å². The second-order valence-corrected chi connectivity index (χ2v) is 3.73. The molecule has 3 N–H and O–H groups in total. The van der Waals surface area contributed by atoms with E-state index in [2.05, 4.69) is 4.72 Å². The molecule has 0 aliphatic heterocycles. The number of carbonyl (C=O) groups is 1. The highest BCUT2D eigenvalue weighted by atomic mass is 32.2. The Labute approximate surface area is 92.4 Å². The Balaban J connectivity index is 2.65. The maximum absolute atomic E-state index is 10.8. The third kappa shape index (κ3) is 3.81. The molecule has 0 unspecified atom stereocenters. The Kier molecular flexibility index (Phi) is 4.45. The van der Waals surface area contributed by atoms with E-state index >= 15 is 0 Å². The van der Waals surface area contributed by atoms with Crippen LogP contribution in [0.5, 0.6) is 5.75 Å². The van der Waals surface area contributed by atoms with Crippen molar-refractivity contribution < 1.29 is 15.0 Å². The number of phenols is 1. The van der Waals surface area contributed by atoms with E-state index in [1.807, 2.05) is 0 Å². The van der Waals surface area contributed by atoms with E-state index in [-0.39, 0.29) is 5.75 Å². The van der Waals surface area contributed by atoms with Crippen molar-refractivity contribution in [3.63, 3.8) is 0 Å². The summed E-state index contributed by atoms with van der Waals surface area (Å²) in [7, 11) is 0. The Morgan fingerprint density at radius 1 is 1.47 bits per heavy atom. The summed E-state index contributed by atoms with van der Waals surface area (Å²) in [6.07, 6.45) is 2.18. The van der Waals surface area contributed by atoms with Gasteiger partial charge in [-0.2, -0.15) is 0 Å². The van der Waals surface area contributed by atoms with E-state index in [1.165, 1.54) is 11.9 Å². The summed E-state index contributed by atoms with van der Waals surface area (Å²) in [5.41, 5.74) is 0.877. The first-order chi connectivity index (χ1) is 7.13. The van der Waals surface area contributed by atoms with Crippen LogP contribution in [-0.2, 0) is 11.2 Å². The van der Waals surface area contributed by atoms with Gasteiger partial charge in [-0.3, -0.25) is 4.79 Å². The summed E-state index contributed by atoms with van der Waals surface area (Å²) in [6, 6.07) is 5.92. The molecular formula is C10H13NO3S. The predicted molar refractivity (Wildman–Crippen MR) is 59.9 cm³/mol.